The number of fused-ring (bicyclic) bond motifs is 3. The van der Waals surface area contributed by atoms with Gasteiger partial charge >= 0.3 is 156 Å². The van der Waals surface area contributed by atoms with Crippen molar-refractivity contribution in [1.29, 1.82) is 0 Å². The first kappa shape index (κ1) is 40.3. The summed E-state index contributed by atoms with van der Waals surface area (Å²) in [5.41, 5.74) is 8.41. The van der Waals surface area contributed by atoms with E-state index in [-0.39, 0.29) is 42.5 Å². The van der Waals surface area contributed by atoms with E-state index in [4.69, 9.17) is 9.97 Å². The molecule has 0 saturated heterocycles. The Labute approximate surface area is 310 Å². The Morgan fingerprint density at radius 3 is 2.04 bits per heavy atom. The van der Waals surface area contributed by atoms with E-state index < -0.39 is 13.3 Å². The van der Waals surface area contributed by atoms with Gasteiger partial charge in [-0.05, 0) is 12.8 Å². The minimum absolute atomic E-state index is 0. The fourth-order valence-corrected chi connectivity index (χ4v) is 8.07. The number of aliphatic hydroxyl groups excluding tert-OH is 1. The summed E-state index contributed by atoms with van der Waals surface area (Å²) in [6.07, 6.45) is 6.88. The Hall–Kier alpha value is -3.12. The third kappa shape index (κ3) is 9.17. The largest absolute Gasteiger partial charge is 0.140 e. The fourth-order valence-electron chi connectivity index (χ4n) is 5.62. The smallest absolute Gasteiger partial charge is 0 e. The SMILES string of the molecule is CCC(C)(C)C(=O)/C=C(\O)C(C)(C)CC.Cc1[c-]c(-c2nccc3c2cnc2c(C)c(-c4cc[c]([Ge]([CH3])([CH3])[CH3])cc4)ccc23)cc(C)c1.[Ir]. The number of aryl methyl sites for hydroxylation is 3. The number of aromatic nitrogens is 2. The molecule has 6 heteroatoms. The maximum absolute atomic E-state index is 11.8. The second kappa shape index (κ2) is 15.8. The van der Waals surface area contributed by atoms with Crippen LogP contribution in [0.1, 0.15) is 71.1 Å². The quantitative estimate of drug-likeness (QED) is 0.0554. The van der Waals surface area contributed by atoms with E-state index in [0.717, 1.165) is 40.6 Å². The number of hydrogen-bond acceptors (Lipinski definition) is 4. The summed E-state index contributed by atoms with van der Waals surface area (Å²) in [6.45, 7) is 18.0. The van der Waals surface area contributed by atoms with Crippen LogP contribution in [0, 0.1) is 37.7 Å². The number of aliphatic hydroxyl groups is 1. The summed E-state index contributed by atoms with van der Waals surface area (Å²) in [6, 6.07) is 23.5. The van der Waals surface area contributed by atoms with Gasteiger partial charge in [0.1, 0.15) is 5.76 Å². The van der Waals surface area contributed by atoms with Gasteiger partial charge in [-0.25, -0.2) is 0 Å². The molecule has 2 heterocycles. The minimum atomic E-state index is -1.82. The van der Waals surface area contributed by atoms with Crippen molar-refractivity contribution >= 4 is 45.1 Å². The van der Waals surface area contributed by atoms with Crippen LogP contribution in [-0.4, -0.2) is 34.1 Å². The first-order chi connectivity index (χ1) is 22.4. The number of carbonyl (C=O) groups is 1. The van der Waals surface area contributed by atoms with Gasteiger partial charge in [0, 0.05) is 37.0 Å². The number of nitrogens with zero attached hydrogens (tertiary/aromatic N) is 2. The Morgan fingerprint density at radius 1 is 0.837 bits per heavy atom. The molecule has 49 heavy (non-hydrogen) atoms. The molecule has 0 bridgehead atoms. The molecule has 0 amide bonds. The summed E-state index contributed by atoms with van der Waals surface area (Å²) >= 11 is -1.82. The van der Waals surface area contributed by atoms with Gasteiger partial charge in [-0.3, -0.25) is 4.79 Å². The molecule has 0 atom stereocenters. The van der Waals surface area contributed by atoms with Crippen molar-refractivity contribution in [3.05, 3.63) is 102 Å². The standard InChI is InChI=1S/C30H29GeN2.C13H24O2.Ir/c1-19-15-20(2)17-23(16-19)30-28-18-33-29-21(3)25(11-12-27(29)26(28)13-14-32-30)22-7-9-24(10-8-22)31(4,5)6;1-7-12(3,4)10(14)9-11(15)13(5,6)8-2;/h7-16,18H,1-6H3;9,14H,7-8H2,1-6H3;/q-1;;/b;10-9-;. The molecule has 5 aromatic rings. The van der Waals surface area contributed by atoms with E-state index in [0.29, 0.717) is 0 Å². The molecule has 5 rings (SSSR count). The van der Waals surface area contributed by atoms with E-state index in [2.05, 4.69) is 98.7 Å². The number of carbonyl (C=O) groups excluding carboxylic acids is 1. The van der Waals surface area contributed by atoms with Gasteiger partial charge in [0.05, 0.1) is 0 Å². The van der Waals surface area contributed by atoms with Crippen molar-refractivity contribution in [2.75, 3.05) is 0 Å². The number of rotatable bonds is 8. The third-order valence-electron chi connectivity index (χ3n) is 9.90. The van der Waals surface area contributed by atoms with Crippen LogP contribution in [0.3, 0.4) is 0 Å². The summed E-state index contributed by atoms with van der Waals surface area (Å²) in [5.74, 6) is 7.50. The normalized spacial score (nSPS) is 12.4. The summed E-state index contributed by atoms with van der Waals surface area (Å²) in [7, 11) is 0. The maximum Gasteiger partial charge on any atom is 0 e. The van der Waals surface area contributed by atoms with Crippen molar-refractivity contribution < 1.29 is 30.0 Å². The van der Waals surface area contributed by atoms with Crippen LogP contribution in [-0.2, 0) is 24.9 Å². The van der Waals surface area contributed by atoms with E-state index in [1.54, 1.807) is 0 Å². The first-order valence-electron chi connectivity index (χ1n) is 17.1. The topological polar surface area (TPSA) is 63.1 Å². The van der Waals surface area contributed by atoms with Crippen LogP contribution in [0.4, 0.5) is 0 Å². The van der Waals surface area contributed by atoms with Gasteiger partial charge in [0.2, 0.25) is 0 Å². The second-order valence-corrected chi connectivity index (χ2v) is 26.1. The second-order valence-electron chi connectivity index (χ2n) is 15.5. The predicted molar refractivity (Wildman–Crippen MR) is 208 cm³/mol. The monoisotopic (exact) mass is 896 g/mol. The Morgan fingerprint density at radius 2 is 1.47 bits per heavy atom. The van der Waals surface area contributed by atoms with Gasteiger partial charge in [0.15, 0.2) is 5.78 Å². The zero-order valence-corrected chi connectivity index (χ0v) is 35.9. The number of allylic oxidation sites excluding steroid dienone is 2. The Kier molecular flexibility index (Phi) is 13.0. The molecule has 1 N–H and O–H groups in total. The van der Waals surface area contributed by atoms with Crippen LogP contribution in [0.15, 0.2) is 78.8 Å². The molecule has 0 fully saturated rings. The van der Waals surface area contributed by atoms with Gasteiger partial charge in [0.25, 0.3) is 0 Å². The molecule has 0 unspecified atom stereocenters. The molecule has 0 aliphatic rings. The van der Waals surface area contributed by atoms with E-state index in [9.17, 15) is 9.90 Å². The Balaban J connectivity index is 0.000000347. The summed E-state index contributed by atoms with van der Waals surface area (Å²) in [4.78, 5) is 21.5. The number of benzene rings is 3. The number of pyridine rings is 2. The number of ketones is 1. The zero-order valence-electron chi connectivity index (χ0n) is 31.4. The molecule has 4 nitrogen and oxygen atoms in total. The molecule has 1 radical (unpaired) electrons. The average Bonchev–Trinajstić information content (AvgIpc) is 3.04. The van der Waals surface area contributed by atoms with Crippen molar-refractivity contribution in [1.82, 2.24) is 9.97 Å². The average molecular weight is 895 g/mol. The fraction of sp³-hybridized carbons (Fsp3) is 0.372. The van der Waals surface area contributed by atoms with E-state index in [1.807, 2.05) is 53.9 Å². The molecule has 0 spiro atoms. The van der Waals surface area contributed by atoms with Crippen LogP contribution >= 0.6 is 0 Å². The molecular formula is C43H53GeIrN2O2-. The van der Waals surface area contributed by atoms with Gasteiger partial charge in [-0.2, -0.15) is 0 Å². The van der Waals surface area contributed by atoms with Crippen molar-refractivity contribution in [3.8, 4) is 22.4 Å². The first-order valence-corrected chi connectivity index (χ1v) is 24.5. The van der Waals surface area contributed by atoms with Crippen LogP contribution in [0.2, 0.25) is 17.3 Å². The summed E-state index contributed by atoms with van der Waals surface area (Å²) in [5, 5.41) is 13.3. The molecule has 0 saturated carbocycles. The molecule has 2 aromatic heterocycles. The van der Waals surface area contributed by atoms with Gasteiger partial charge in [-0.1, -0.05) is 55.4 Å². The van der Waals surface area contributed by atoms with Crippen LogP contribution < -0.4 is 4.40 Å². The molecule has 261 valence electrons. The number of hydrogen-bond donors (Lipinski definition) is 1. The van der Waals surface area contributed by atoms with E-state index in [1.165, 1.54) is 43.5 Å². The minimum Gasteiger partial charge on any atom is -0.140 e. The van der Waals surface area contributed by atoms with Crippen molar-refractivity contribution in [2.24, 2.45) is 10.8 Å². The van der Waals surface area contributed by atoms with Gasteiger partial charge < -0.3 is 5.11 Å². The van der Waals surface area contributed by atoms with E-state index >= 15 is 0 Å². The predicted octanol–water partition coefficient (Wildman–Crippen LogP) is 11.3. The maximum atomic E-state index is 11.8. The molecule has 3 aromatic carbocycles. The zero-order chi connectivity index (χ0) is 35.6. The van der Waals surface area contributed by atoms with Crippen LogP contribution in [0.5, 0.6) is 0 Å². The van der Waals surface area contributed by atoms with Crippen LogP contribution in [0.25, 0.3) is 44.1 Å². The van der Waals surface area contributed by atoms with Gasteiger partial charge in [-0.15, -0.1) is 29.3 Å². The molecule has 0 aliphatic carbocycles. The molecular weight excluding hydrogens is 841 g/mol. The van der Waals surface area contributed by atoms with Crippen molar-refractivity contribution in [3.63, 3.8) is 0 Å². The third-order valence-corrected chi connectivity index (χ3v) is 14.2. The summed E-state index contributed by atoms with van der Waals surface area (Å²) < 4.78 is 1.53. The Bertz CT molecular complexity index is 1970. The molecule has 0 aliphatic heterocycles. The van der Waals surface area contributed by atoms with Crippen molar-refractivity contribution in [2.45, 2.75) is 92.4 Å².